The number of hydrogen-bond donors (Lipinski definition) is 2. The second-order valence-corrected chi connectivity index (χ2v) is 14.7. The van der Waals surface area contributed by atoms with Crippen LogP contribution in [0.1, 0.15) is 31.5 Å². The summed E-state index contributed by atoms with van der Waals surface area (Å²) in [6.07, 6.45) is -0.319. The maximum Gasteiger partial charge on any atom is 0.407 e. The minimum atomic E-state index is -4.08. The average Bonchev–Trinajstić information content (AvgIpc) is 3.72. The molecule has 13 nitrogen and oxygen atoms in total. The van der Waals surface area contributed by atoms with E-state index in [4.69, 9.17) is 28.4 Å². The summed E-state index contributed by atoms with van der Waals surface area (Å²) in [5, 5.41) is 14.5. The Morgan fingerprint density at radius 3 is 2.57 bits per heavy atom. The quantitative estimate of drug-likeness (QED) is 0.254. The molecule has 14 heteroatoms. The maximum absolute atomic E-state index is 14.0. The van der Waals surface area contributed by atoms with Crippen molar-refractivity contribution in [2.24, 2.45) is 11.8 Å². The van der Waals surface area contributed by atoms with Gasteiger partial charge in [0.15, 0.2) is 17.8 Å². The van der Waals surface area contributed by atoms with E-state index in [0.29, 0.717) is 50.1 Å². The highest BCUT2D eigenvalue weighted by Gasteiger charge is 2.44. The molecule has 0 aliphatic carbocycles. The van der Waals surface area contributed by atoms with Gasteiger partial charge in [-0.3, -0.25) is 4.98 Å². The van der Waals surface area contributed by atoms with Crippen LogP contribution in [0.15, 0.2) is 71.8 Å². The lowest BCUT2D eigenvalue weighted by molar-refractivity contribution is -0.0907. The third-order valence-corrected chi connectivity index (χ3v) is 10.4. The lowest BCUT2D eigenvalue weighted by Crippen LogP contribution is -2.51. The van der Waals surface area contributed by atoms with Crippen LogP contribution in [0.4, 0.5) is 4.79 Å². The van der Waals surface area contributed by atoms with Crippen LogP contribution in [-0.2, 0) is 37.3 Å². The largest absolute Gasteiger partial charge is 0.487 e. The highest BCUT2D eigenvalue weighted by Crippen LogP contribution is 2.34. The fourth-order valence-corrected chi connectivity index (χ4v) is 7.75. The van der Waals surface area contributed by atoms with Crippen LogP contribution >= 0.6 is 0 Å². The van der Waals surface area contributed by atoms with Crippen molar-refractivity contribution >= 4 is 16.1 Å². The molecule has 3 aromatic rings. The Balaban J connectivity index is 1.18. The van der Waals surface area contributed by atoms with Crippen molar-refractivity contribution in [3.05, 3.63) is 78.1 Å². The number of aromatic nitrogens is 1. The number of hydrogen-bond acceptors (Lipinski definition) is 11. The van der Waals surface area contributed by atoms with Gasteiger partial charge in [-0.1, -0.05) is 32.0 Å². The number of fused-ring (bicyclic) bond motifs is 2. The average molecular weight is 698 g/mol. The van der Waals surface area contributed by atoms with Gasteiger partial charge in [0, 0.05) is 25.4 Å². The summed E-state index contributed by atoms with van der Waals surface area (Å²) in [6, 6.07) is 16.5. The fourth-order valence-electron chi connectivity index (χ4n) is 6.12. The predicted octanol–water partition coefficient (Wildman–Crippen LogP) is 3.54. The van der Waals surface area contributed by atoms with Crippen molar-refractivity contribution in [2.45, 2.75) is 62.7 Å². The highest BCUT2D eigenvalue weighted by atomic mass is 32.2. The number of aliphatic hydroxyl groups is 1. The predicted molar refractivity (Wildman–Crippen MR) is 177 cm³/mol. The molecule has 0 spiro atoms. The zero-order valence-corrected chi connectivity index (χ0v) is 28.4. The number of pyridine rings is 1. The molecule has 2 fully saturated rings. The standard InChI is InChI=1S/C35H43N3O10S/c1-23(2)19-38(49(41,42)27-10-11-31-32(18-27)44-16-15-43-31)20-30(39)29(37-35(40)48-33-22-47-34-28(33)12-14-45-34)17-24-6-8-26(9-7-24)46-21-25-5-3-4-13-36-25/h3-11,13,18,23,28-30,33-34,39H,12,14-17,19-22H2,1-2H3,(H,37,40)/t28-,29-,30-,33-,34+/m0/s1. The van der Waals surface area contributed by atoms with Gasteiger partial charge in [-0.2, -0.15) is 4.31 Å². The summed E-state index contributed by atoms with van der Waals surface area (Å²) in [5.41, 5.74) is 1.57. The Morgan fingerprint density at radius 1 is 1.02 bits per heavy atom. The fraction of sp³-hybridized carbons (Fsp3) is 0.486. The number of nitrogens with one attached hydrogen (secondary N) is 1. The molecule has 3 aliphatic rings. The minimum Gasteiger partial charge on any atom is -0.487 e. The van der Waals surface area contributed by atoms with Crippen LogP contribution < -0.4 is 19.5 Å². The molecule has 2 aromatic carbocycles. The molecule has 0 unspecified atom stereocenters. The number of amides is 1. The molecule has 1 amide bonds. The van der Waals surface area contributed by atoms with Crippen LogP contribution in [-0.4, -0.2) is 93.0 Å². The lowest BCUT2D eigenvalue weighted by atomic mass is 10.0. The second-order valence-electron chi connectivity index (χ2n) is 12.8. The number of alkyl carbamates (subject to hydrolysis) is 1. The van der Waals surface area contributed by atoms with E-state index < -0.39 is 40.7 Å². The van der Waals surface area contributed by atoms with E-state index in [1.165, 1.54) is 16.4 Å². The third kappa shape index (κ3) is 8.81. The summed E-state index contributed by atoms with van der Waals surface area (Å²) in [6.45, 7) is 5.38. The van der Waals surface area contributed by atoms with Gasteiger partial charge in [0.1, 0.15) is 31.7 Å². The summed E-state index contributed by atoms with van der Waals surface area (Å²) in [4.78, 5) is 17.5. The first-order chi connectivity index (χ1) is 23.7. The number of carbonyl (C=O) groups excluding carboxylic acids is 1. The van der Waals surface area contributed by atoms with Gasteiger partial charge in [-0.05, 0) is 60.7 Å². The van der Waals surface area contributed by atoms with Crippen molar-refractivity contribution in [1.82, 2.24) is 14.6 Å². The molecular weight excluding hydrogens is 654 g/mol. The minimum absolute atomic E-state index is 0.0179. The summed E-state index contributed by atoms with van der Waals surface area (Å²) < 4.78 is 63.2. The van der Waals surface area contributed by atoms with Crippen LogP contribution in [0, 0.1) is 11.8 Å². The van der Waals surface area contributed by atoms with Crippen molar-refractivity contribution < 1.29 is 46.7 Å². The van der Waals surface area contributed by atoms with E-state index in [9.17, 15) is 18.3 Å². The lowest BCUT2D eigenvalue weighted by Gasteiger charge is -2.31. The van der Waals surface area contributed by atoms with E-state index in [2.05, 4.69) is 10.3 Å². The van der Waals surface area contributed by atoms with Crippen LogP contribution in [0.25, 0.3) is 0 Å². The third-order valence-electron chi connectivity index (χ3n) is 8.61. The Kier molecular flexibility index (Phi) is 11.2. The van der Waals surface area contributed by atoms with Crippen molar-refractivity contribution in [2.75, 3.05) is 39.5 Å². The summed E-state index contributed by atoms with van der Waals surface area (Å²) >= 11 is 0. The molecule has 2 N–H and O–H groups in total. The molecule has 1 aromatic heterocycles. The summed E-state index contributed by atoms with van der Waals surface area (Å²) in [5.74, 6) is 1.32. The van der Waals surface area contributed by atoms with Gasteiger partial charge in [-0.25, -0.2) is 13.2 Å². The van der Waals surface area contributed by atoms with Gasteiger partial charge < -0.3 is 38.8 Å². The van der Waals surface area contributed by atoms with Crippen molar-refractivity contribution in [3.8, 4) is 17.2 Å². The molecule has 0 radical (unpaired) electrons. The van der Waals surface area contributed by atoms with E-state index >= 15 is 0 Å². The van der Waals surface area contributed by atoms with Crippen LogP contribution in [0.3, 0.4) is 0 Å². The molecule has 0 saturated carbocycles. The number of sulfonamides is 1. The van der Waals surface area contributed by atoms with Crippen molar-refractivity contribution in [3.63, 3.8) is 0 Å². The Hall–Kier alpha value is -3.95. The zero-order chi connectivity index (χ0) is 34.4. The van der Waals surface area contributed by atoms with Crippen LogP contribution in [0.2, 0.25) is 0 Å². The number of nitrogens with zero attached hydrogens (tertiary/aromatic N) is 2. The molecule has 2 saturated heterocycles. The van der Waals surface area contributed by atoms with Crippen LogP contribution in [0.5, 0.6) is 17.2 Å². The second kappa shape index (κ2) is 15.7. The monoisotopic (exact) mass is 697 g/mol. The maximum atomic E-state index is 14.0. The number of benzene rings is 2. The highest BCUT2D eigenvalue weighted by molar-refractivity contribution is 7.89. The van der Waals surface area contributed by atoms with Crippen molar-refractivity contribution in [1.29, 1.82) is 0 Å². The van der Waals surface area contributed by atoms with Gasteiger partial charge in [0.25, 0.3) is 0 Å². The van der Waals surface area contributed by atoms with E-state index in [0.717, 1.165) is 11.3 Å². The van der Waals surface area contributed by atoms with E-state index in [1.54, 1.807) is 24.4 Å². The Bertz CT molecular complexity index is 1660. The topological polar surface area (TPSA) is 155 Å². The van der Waals surface area contributed by atoms with Gasteiger partial charge in [-0.15, -0.1) is 0 Å². The smallest absolute Gasteiger partial charge is 0.407 e. The molecule has 5 atom stereocenters. The number of rotatable bonds is 14. The van der Waals surface area contributed by atoms with Gasteiger partial charge in [0.05, 0.1) is 41.9 Å². The van der Waals surface area contributed by atoms with E-state index in [-0.39, 0.29) is 42.8 Å². The molecule has 3 aliphatic heterocycles. The first-order valence-corrected chi connectivity index (χ1v) is 18.0. The first-order valence-electron chi connectivity index (χ1n) is 16.6. The molecule has 49 heavy (non-hydrogen) atoms. The molecule has 6 rings (SSSR count). The molecule has 0 bridgehead atoms. The molecular formula is C35H43N3O10S. The first kappa shape index (κ1) is 34.9. The Morgan fingerprint density at radius 2 is 1.82 bits per heavy atom. The Labute approximate surface area is 286 Å². The summed E-state index contributed by atoms with van der Waals surface area (Å²) in [7, 11) is -4.08. The molecule has 4 heterocycles. The number of aliphatic hydroxyl groups excluding tert-OH is 1. The van der Waals surface area contributed by atoms with Gasteiger partial charge >= 0.3 is 6.09 Å². The molecule has 264 valence electrons. The normalized spacial score (nSPS) is 21.3. The SMILES string of the molecule is CC(C)CN(C[C@H](O)[C@H](Cc1ccc(OCc2ccccn2)cc1)NC(=O)O[C@H]1CO[C@H]2OCC[C@H]21)S(=O)(=O)c1ccc2c(c1)OCCO2. The number of ether oxygens (including phenoxy) is 6. The number of carbonyl (C=O) groups is 1. The zero-order valence-electron chi connectivity index (χ0n) is 27.6. The van der Waals surface area contributed by atoms with E-state index in [1.807, 2.05) is 44.2 Å². The van der Waals surface area contributed by atoms with Gasteiger partial charge in [0.2, 0.25) is 10.0 Å².